The van der Waals surface area contributed by atoms with E-state index in [4.69, 9.17) is 9.84 Å². The largest absolute Gasteiger partial charge is 0.481 e. The van der Waals surface area contributed by atoms with Crippen molar-refractivity contribution in [3.05, 3.63) is 0 Å². The van der Waals surface area contributed by atoms with Crippen molar-refractivity contribution in [2.75, 3.05) is 19.8 Å². The van der Waals surface area contributed by atoms with Crippen LogP contribution in [0.25, 0.3) is 0 Å². The lowest BCUT2D eigenvalue weighted by molar-refractivity contribution is -0.139. The maximum atomic E-state index is 12.1. The smallest absolute Gasteiger partial charge is 0.318 e. The second-order valence-corrected chi connectivity index (χ2v) is 5.01. The Morgan fingerprint density at radius 2 is 2.26 bits per heavy atom. The van der Waals surface area contributed by atoms with Crippen molar-refractivity contribution in [3.8, 4) is 0 Å². The van der Waals surface area contributed by atoms with Crippen molar-refractivity contribution >= 4 is 12.0 Å². The van der Waals surface area contributed by atoms with E-state index in [0.717, 1.165) is 19.3 Å². The highest BCUT2D eigenvalue weighted by molar-refractivity contribution is 5.76. The van der Waals surface area contributed by atoms with Crippen LogP contribution >= 0.6 is 0 Å². The summed E-state index contributed by atoms with van der Waals surface area (Å²) in [5.74, 6) is -0.910. The van der Waals surface area contributed by atoms with E-state index in [1.807, 2.05) is 6.92 Å². The summed E-state index contributed by atoms with van der Waals surface area (Å²) in [6.07, 6.45) is 3.04. The lowest BCUT2D eigenvalue weighted by Gasteiger charge is -2.35. The topological polar surface area (TPSA) is 78.9 Å². The molecule has 1 rings (SSSR count). The molecule has 0 bridgehead atoms. The van der Waals surface area contributed by atoms with Crippen LogP contribution in [0.2, 0.25) is 0 Å². The third-order valence-corrected chi connectivity index (χ3v) is 3.26. The molecule has 2 atom stereocenters. The monoisotopic (exact) mass is 272 g/mol. The van der Waals surface area contributed by atoms with Crippen LogP contribution in [0.4, 0.5) is 4.79 Å². The van der Waals surface area contributed by atoms with Gasteiger partial charge in [0.05, 0.1) is 25.7 Å². The van der Waals surface area contributed by atoms with Gasteiger partial charge in [-0.2, -0.15) is 0 Å². The minimum Gasteiger partial charge on any atom is -0.481 e. The summed E-state index contributed by atoms with van der Waals surface area (Å²) in [7, 11) is 0. The molecule has 0 saturated carbocycles. The third-order valence-electron chi connectivity index (χ3n) is 3.26. The first-order chi connectivity index (χ1) is 9.04. The van der Waals surface area contributed by atoms with Crippen molar-refractivity contribution in [2.24, 2.45) is 0 Å². The Kier molecular flexibility index (Phi) is 6.62. The molecule has 1 aliphatic rings. The molecule has 2 unspecified atom stereocenters. The molecule has 1 fully saturated rings. The molecule has 19 heavy (non-hydrogen) atoms. The van der Waals surface area contributed by atoms with Crippen LogP contribution < -0.4 is 5.32 Å². The van der Waals surface area contributed by atoms with Crippen molar-refractivity contribution in [1.82, 2.24) is 10.2 Å². The lowest BCUT2D eigenvalue weighted by atomic mass is 10.1. The van der Waals surface area contributed by atoms with Crippen LogP contribution in [0, 0.1) is 0 Å². The van der Waals surface area contributed by atoms with Crippen LogP contribution in [0.15, 0.2) is 0 Å². The number of carbonyl (C=O) groups excluding carboxylic acids is 1. The Balaban J connectivity index is 2.49. The predicted octanol–water partition coefficient (Wildman–Crippen LogP) is 1.45. The average molecular weight is 272 g/mol. The zero-order valence-electron chi connectivity index (χ0n) is 11.7. The summed E-state index contributed by atoms with van der Waals surface area (Å²) in [5.41, 5.74) is 0. The van der Waals surface area contributed by atoms with Crippen molar-refractivity contribution in [1.29, 1.82) is 0 Å². The van der Waals surface area contributed by atoms with Crippen LogP contribution in [-0.4, -0.2) is 53.8 Å². The number of unbranched alkanes of at least 4 members (excludes halogenated alkanes) is 1. The number of ether oxygens (including phenoxy) is 1. The number of carbonyl (C=O) groups is 2. The molecule has 0 radical (unpaired) electrons. The predicted molar refractivity (Wildman–Crippen MR) is 71.1 cm³/mol. The summed E-state index contributed by atoms with van der Waals surface area (Å²) in [6.45, 7) is 5.29. The molecule has 110 valence electrons. The fourth-order valence-electron chi connectivity index (χ4n) is 2.17. The van der Waals surface area contributed by atoms with Crippen molar-refractivity contribution < 1.29 is 19.4 Å². The molecule has 6 nitrogen and oxygen atoms in total. The van der Waals surface area contributed by atoms with Gasteiger partial charge >= 0.3 is 12.0 Å². The summed E-state index contributed by atoms with van der Waals surface area (Å²) in [5, 5.41) is 11.8. The molecule has 1 aliphatic heterocycles. The van der Waals surface area contributed by atoms with E-state index in [1.54, 1.807) is 4.90 Å². The number of rotatable bonds is 6. The first-order valence-corrected chi connectivity index (χ1v) is 6.91. The fourth-order valence-corrected chi connectivity index (χ4v) is 2.17. The summed E-state index contributed by atoms with van der Waals surface area (Å²) >= 11 is 0. The average Bonchev–Trinajstić information content (AvgIpc) is 2.36. The number of nitrogens with one attached hydrogen (secondary N) is 1. The van der Waals surface area contributed by atoms with Gasteiger partial charge in [0.15, 0.2) is 0 Å². The number of carboxylic acids is 1. The van der Waals surface area contributed by atoms with Gasteiger partial charge in [0, 0.05) is 12.6 Å². The van der Waals surface area contributed by atoms with Crippen LogP contribution in [0.5, 0.6) is 0 Å². The first kappa shape index (κ1) is 15.8. The fraction of sp³-hybridized carbons (Fsp3) is 0.846. The van der Waals surface area contributed by atoms with Crippen LogP contribution in [0.3, 0.4) is 0 Å². The molecule has 2 amide bonds. The van der Waals surface area contributed by atoms with Gasteiger partial charge < -0.3 is 20.1 Å². The third kappa shape index (κ3) is 5.46. The highest BCUT2D eigenvalue weighted by Crippen LogP contribution is 2.11. The SMILES string of the molecule is CCCCC(C)NC(=O)N1CCOCC1CC(=O)O. The zero-order valence-corrected chi connectivity index (χ0v) is 11.7. The van der Waals surface area contributed by atoms with Gasteiger partial charge in [0.25, 0.3) is 0 Å². The molecule has 0 aliphatic carbocycles. The Labute approximate surface area is 114 Å². The minimum atomic E-state index is -0.910. The molecule has 1 saturated heterocycles. The van der Waals surface area contributed by atoms with E-state index in [1.165, 1.54) is 0 Å². The van der Waals surface area contributed by atoms with Gasteiger partial charge in [0.2, 0.25) is 0 Å². The molecule has 2 N–H and O–H groups in total. The van der Waals surface area contributed by atoms with E-state index in [0.29, 0.717) is 19.8 Å². The number of amides is 2. The molecular weight excluding hydrogens is 248 g/mol. The summed E-state index contributed by atoms with van der Waals surface area (Å²) in [4.78, 5) is 24.5. The molecule has 0 aromatic carbocycles. The Bertz CT molecular complexity index is 309. The quantitative estimate of drug-likeness (QED) is 0.767. The number of nitrogens with zero attached hydrogens (tertiary/aromatic N) is 1. The van der Waals surface area contributed by atoms with Crippen molar-refractivity contribution in [3.63, 3.8) is 0 Å². The second-order valence-electron chi connectivity index (χ2n) is 5.01. The molecule has 0 aromatic heterocycles. The van der Waals surface area contributed by atoms with Gasteiger partial charge in [-0.25, -0.2) is 4.79 Å². The van der Waals surface area contributed by atoms with Gasteiger partial charge in [-0.3, -0.25) is 4.79 Å². The molecule has 0 aromatic rings. The summed E-state index contributed by atoms with van der Waals surface area (Å²) < 4.78 is 5.25. The Morgan fingerprint density at radius 3 is 2.89 bits per heavy atom. The maximum Gasteiger partial charge on any atom is 0.318 e. The number of morpholine rings is 1. The van der Waals surface area contributed by atoms with E-state index in [9.17, 15) is 9.59 Å². The number of urea groups is 1. The van der Waals surface area contributed by atoms with Crippen LogP contribution in [-0.2, 0) is 9.53 Å². The zero-order chi connectivity index (χ0) is 14.3. The van der Waals surface area contributed by atoms with Gasteiger partial charge in [-0.05, 0) is 13.3 Å². The maximum absolute atomic E-state index is 12.1. The molecule has 6 heteroatoms. The van der Waals surface area contributed by atoms with E-state index >= 15 is 0 Å². The number of carboxylic acid groups (broad SMARTS) is 1. The minimum absolute atomic E-state index is 0.0727. The lowest BCUT2D eigenvalue weighted by Crippen LogP contribution is -2.54. The first-order valence-electron chi connectivity index (χ1n) is 6.91. The number of hydrogen-bond donors (Lipinski definition) is 2. The molecule has 1 heterocycles. The summed E-state index contributed by atoms with van der Waals surface area (Å²) in [6, 6.07) is -0.441. The van der Waals surface area contributed by atoms with E-state index in [2.05, 4.69) is 12.2 Å². The van der Waals surface area contributed by atoms with Gasteiger partial charge in [-0.15, -0.1) is 0 Å². The van der Waals surface area contributed by atoms with Gasteiger partial charge in [0.1, 0.15) is 0 Å². The van der Waals surface area contributed by atoms with E-state index < -0.39 is 5.97 Å². The van der Waals surface area contributed by atoms with Crippen molar-refractivity contribution in [2.45, 2.75) is 51.6 Å². The normalized spacial score (nSPS) is 20.9. The van der Waals surface area contributed by atoms with Gasteiger partial charge in [-0.1, -0.05) is 19.8 Å². The molecular formula is C13H24N2O4. The molecule has 0 spiro atoms. The number of hydrogen-bond acceptors (Lipinski definition) is 3. The van der Waals surface area contributed by atoms with E-state index in [-0.39, 0.29) is 24.5 Å². The Hall–Kier alpha value is -1.30. The second kappa shape index (κ2) is 7.99. The standard InChI is InChI=1S/C13H24N2O4/c1-3-4-5-10(2)14-13(18)15-6-7-19-9-11(15)8-12(16)17/h10-11H,3-9H2,1-2H3,(H,14,18)(H,16,17). The highest BCUT2D eigenvalue weighted by atomic mass is 16.5. The highest BCUT2D eigenvalue weighted by Gasteiger charge is 2.29. The number of aliphatic carboxylic acids is 1. The Morgan fingerprint density at radius 1 is 1.53 bits per heavy atom. The van der Waals surface area contributed by atoms with Crippen LogP contribution in [0.1, 0.15) is 39.5 Å².